The number of halogens is 4. The molecule has 8 heteroatoms. The van der Waals surface area contributed by atoms with E-state index in [-0.39, 0.29) is 35.8 Å². The second kappa shape index (κ2) is 9.19. The number of hydrogen-bond donors (Lipinski definition) is 2. The van der Waals surface area contributed by atoms with E-state index in [2.05, 4.69) is 15.6 Å². The Labute approximate surface area is 150 Å². The largest absolute Gasteiger partial charge is 0.488 e. The molecular formula is C15H21F3IN3O. The van der Waals surface area contributed by atoms with Crippen LogP contribution >= 0.6 is 24.0 Å². The molecule has 0 bridgehead atoms. The van der Waals surface area contributed by atoms with Crippen LogP contribution in [-0.2, 0) is 6.18 Å². The third-order valence-corrected chi connectivity index (χ3v) is 3.34. The van der Waals surface area contributed by atoms with E-state index in [9.17, 15) is 13.2 Å². The van der Waals surface area contributed by atoms with E-state index >= 15 is 0 Å². The molecule has 0 saturated carbocycles. The molecular weight excluding hydrogens is 422 g/mol. The van der Waals surface area contributed by atoms with Crippen molar-refractivity contribution in [3.63, 3.8) is 0 Å². The van der Waals surface area contributed by atoms with Crippen LogP contribution in [0.2, 0.25) is 0 Å². The van der Waals surface area contributed by atoms with Crippen molar-refractivity contribution >= 4 is 29.9 Å². The van der Waals surface area contributed by atoms with Crippen LogP contribution in [0.25, 0.3) is 0 Å². The van der Waals surface area contributed by atoms with E-state index in [0.29, 0.717) is 18.9 Å². The third-order valence-electron chi connectivity index (χ3n) is 3.34. The van der Waals surface area contributed by atoms with Gasteiger partial charge in [0, 0.05) is 13.1 Å². The molecule has 1 heterocycles. The van der Waals surface area contributed by atoms with Gasteiger partial charge in [-0.15, -0.1) is 24.0 Å². The fraction of sp³-hybridized carbons (Fsp3) is 0.533. The van der Waals surface area contributed by atoms with E-state index in [0.717, 1.165) is 25.6 Å². The van der Waals surface area contributed by atoms with E-state index in [1.54, 1.807) is 0 Å². The summed E-state index contributed by atoms with van der Waals surface area (Å²) in [4.78, 5) is 4.26. The first kappa shape index (κ1) is 19.9. The molecule has 1 atom stereocenters. The lowest BCUT2D eigenvalue weighted by Gasteiger charge is -2.23. The second-order valence-corrected chi connectivity index (χ2v) is 5.03. The van der Waals surface area contributed by atoms with Crippen LogP contribution in [0.15, 0.2) is 29.3 Å². The predicted molar refractivity (Wildman–Crippen MR) is 94.5 cm³/mol. The van der Waals surface area contributed by atoms with Crippen LogP contribution in [0.1, 0.15) is 25.3 Å². The maximum absolute atomic E-state index is 13.0. The molecule has 1 aromatic carbocycles. The van der Waals surface area contributed by atoms with Crippen molar-refractivity contribution < 1.29 is 17.9 Å². The van der Waals surface area contributed by atoms with Gasteiger partial charge in [0.2, 0.25) is 0 Å². The molecule has 1 unspecified atom stereocenters. The summed E-state index contributed by atoms with van der Waals surface area (Å²) >= 11 is 0. The number of ether oxygens (including phenoxy) is 1. The Balaban J connectivity index is 0.00000264. The Hall–Kier alpha value is -1.19. The second-order valence-electron chi connectivity index (χ2n) is 5.03. The summed E-state index contributed by atoms with van der Waals surface area (Å²) in [5.74, 6) is 0.541. The van der Waals surface area contributed by atoms with Gasteiger partial charge in [-0.05, 0) is 25.0 Å². The van der Waals surface area contributed by atoms with Gasteiger partial charge < -0.3 is 15.4 Å². The first-order valence-corrected chi connectivity index (χ1v) is 7.35. The lowest BCUT2D eigenvalue weighted by molar-refractivity contribution is -0.139. The molecule has 2 rings (SSSR count). The molecule has 23 heavy (non-hydrogen) atoms. The molecule has 0 amide bonds. The summed E-state index contributed by atoms with van der Waals surface area (Å²) in [6.45, 7) is 3.87. The van der Waals surface area contributed by atoms with Crippen LogP contribution in [0.4, 0.5) is 13.2 Å². The lowest BCUT2D eigenvalue weighted by atomic mass is 10.2. The average molecular weight is 443 g/mol. The van der Waals surface area contributed by atoms with Gasteiger partial charge in [0.25, 0.3) is 0 Å². The molecule has 0 radical (unpaired) electrons. The normalized spacial score (nSPS) is 15.7. The number of para-hydroxylation sites is 1. The van der Waals surface area contributed by atoms with Gasteiger partial charge in [-0.25, -0.2) is 0 Å². The quantitative estimate of drug-likeness (QED) is 0.686. The topological polar surface area (TPSA) is 45.7 Å². The molecule has 1 aliphatic heterocycles. The Bertz CT molecular complexity index is 523. The molecule has 130 valence electrons. The van der Waals surface area contributed by atoms with Crippen molar-refractivity contribution in [2.45, 2.75) is 32.0 Å². The molecule has 4 nitrogen and oxygen atoms in total. The zero-order chi connectivity index (χ0) is 16.0. The van der Waals surface area contributed by atoms with Crippen LogP contribution in [-0.4, -0.2) is 31.7 Å². The maximum Gasteiger partial charge on any atom is 0.419 e. The van der Waals surface area contributed by atoms with Gasteiger partial charge >= 0.3 is 6.18 Å². The SMILES string of the molecule is CCC(CNC1=NCCCN1)Oc1ccccc1C(F)(F)F.I. The molecule has 0 saturated heterocycles. The zero-order valence-electron chi connectivity index (χ0n) is 12.8. The Kier molecular flexibility index (Phi) is 7.93. The van der Waals surface area contributed by atoms with Gasteiger partial charge in [0.05, 0.1) is 12.1 Å². The van der Waals surface area contributed by atoms with Crippen LogP contribution in [0, 0.1) is 0 Å². The number of nitrogens with zero attached hydrogens (tertiary/aromatic N) is 1. The number of aliphatic imine (C=N–C) groups is 1. The van der Waals surface area contributed by atoms with Crippen molar-refractivity contribution in [2.75, 3.05) is 19.6 Å². The molecule has 0 aromatic heterocycles. The summed E-state index contributed by atoms with van der Waals surface area (Å²) in [6, 6.07) is 5.27. The summed E-state index contributed by atoms with van der Waals surface area (Å²) in [5, 5.41) is 6.19. The summed E-state index contributed by atoms with van der Waals surface area (Å²) in [6.07, 6.45) is -3.21. The Morgan fingerprint density at radius 3 is 2.70 bits per heavy atom. The zero-order valence-corrected chi connectivity index (χ0v) is 15.2. The van der Waals surface area contributed by atoms with Gasteiger partial charge in [0.1, 0.15) is 11.9 Å². The molecule has 1 aliphatic rings. The van der Waals surface area contributed by atoms with Crippen LogP contribution < -0.4 is 15.4 Å². The van der Waals surface area contributed by atoms with Gasteiger partial charge in [-0.3, -0.25) is 4.99 Å². The number of alkyl halides is 3. The van der Waals surface area contributed by atoms with E-state index in [4.69, 9.17) is 4.74 Å². The van der Waals surface area contributed by atoms with Crippen molar-refractivity contribution in [2.24, 2.45) is 4.99 Å². The molecule has 0 fully saturated rings. The van der Waals surface area contributed by atoms with Crippen molar-refractivity contribution in [1.29, 1.82) is 0 Å². The highest BCUT2D eigenvalue weighted by Gasteiger charge is 2.34. The van der Waals surface area contributed by atoms with Crippen molar-refractivity contribution in [3.05, 3.63) is 29.8 Å². The van der Waals surface area contributed by atoms with E-state index in [1.807, 2.05) is 6.92 Å². The first-order valence-electron chi connectivity index (χ1n) is 7.35. The lowest BCUT2D eigenvalue weighted by Crippen LogP contribution is -2.44. The fourth-order valence-corrected chi connectivity index (χ4v) is 2.11. The number of benzene rings is 1. The standard InChI is InChI=1S/C15H20F3N3O.HI/c1-2-11(10-21-14-19-8-5-9-20-14)22-13-7-4-3-6-12(13)15(16,17)18;/h3-4,6-7,11H,2,5,8-10H2,1H3,(H2,19,20,21);1H. The Morgan fingerprint density at radius 2 is 2.09 bits per heavy atom. The van der Waals surface area contributed by atoms with E-state index < -0.39 is 11.7 Å². The minimum absolute atomic E-state index is 0. The molecule has 0 aliphatic carbocycles. The van der Waals surface area contributed by atoms with Crippen LogP contribution in [0.5, 0.6) is 5.75 Å². The minimum atomic E-state index is -4.42. The summed E-state index contributed by atoms with van der Waals surface area (Å²) in [5.41, 5.74) is -0.749. The van der Waals surface area contributed by atoms with Crippen molar-refractivity contribution in [1.82, 2.24) is 10.6 Å². The highest BCUT2D eigenvalue weighted by Crippen LogP contribution is 2.36. The van der Waals surface area contributed by atoms with E-state index in [1.165, 1.54) is 18.2 Å². The smallest absolute Gasteiger partial charge is 0.419 e. The van der Waals surface area contributed by atoms with Gasteiger partial charge in [-0.2, -0.15) is 13.2 Å². The average Bonchev–Trinajstić information content (AvgIpc) is 2.52. The molecule has 1 aromatic rings. The van der Waals surface area contributed by atoms with Crippen LogP contribution in [0.3, 0.4) is 0 Å². The highest BCUT2D eigenvalue weighted by atomic mass is 127. The third kappa shape index (κ3) is 6.08. The molecule has 0 spiro atoms. The summed E-state index contributed by atoms with van der Waals surface area (Å²) < 4.78 is 44.4. The monoisotopic (exact) mass is 443 g/mol. The maximum atomic E-state index is 13.0. The van der Waals surface area contributed by atoms with Gasteiger partial charge in [0.15, 0.2) is 5.96 Å². The number of guanidine groups is 1. The highest BCUT2D eigenvalue weighted by molar-refractivity contribution is 14.0. The number of nitrogens with one attached hydrogen (secondary N) is 2. The number of hydrogen-bond acceptors (Lipinski definition) is 4. The first-order chi connectivity index (χ1) is 10.5. The van der Waals surface area contributed by atoms with Crippen molar-refractivity contribution in [3.8, 4) is 5.75 Å². The molecule has 2 N–H and O–H groups in total. The number of rotatable bonds is 5. The Morgan fingerprint density at radius 1 is 1.35 bits per heavy atom. The fourth-order valence-electron chi connectivity index (χ4n) is 2.11. The summed E-state index contributed by atoms with van der Waals surface area (Å²) in [7, 11) is 0. The minimum Gasteiger partial charge on any atom is -0.488 e. The van der Waals surface area contributed by atoms with Gasteiger partial charge in [-0.1, -0.05) is 19.1 Å². The predicted octanol–water partition coefficient (Wildman–Crippen LogP) is 3.42.